The molecule has 2 N–H and O–H groups in total. The van der Waals surface area contributed by atoms with E-state index in [2.05, 4.69) is 12.0 Å². The summed E-state index contributed by atoms with van der Waals surface area (Å²) >= 11 is 0. The van der Waals surface area contributed by atoms with Crippen LogP contribution in [0.3, 0.4) is 0 Å². The van der Waals surface area contributed by atoms with E-state index in [0.29, 0.717) is 12.1 Å². The molecular formula is C15H25N3O. The van der Waals surface area contributed by atoms with Crippen molar-refractivity contribution in [3.05, 3.63) is 12.4 Å². The van der Waals surface area contributed by atoms with E-state index in [-0.39, 0.29) is 5.41 Å². The van der Waals surface area contributed by atoms with E-state index in [0.717, 1.165) is 25.1 Å². The lowest BCUT2D eigenvalue weighted by atomic mass is 9.55. The van der Waals surface area contributed by atoms with E-state index in [9.17, 15) is 0 Å². The van der Waals surface area contributed by atoms with Crippen molar-refractivity contribution in [2.45, 2.75) is 70.6 Å². The smallest absolute Gasteiger partial charge is 0.157 e. The maximum absolute atomic E-state index is 6.28. The van der Waals surface area contributed by atoms with Gasteiger partial charge in [0.2, 0.25) is 0 Å². The second-order valence-corrected chi connectivity index (χ2v) is 6.18. The van der Waals surface area contributed by atoms with Gasteiger partial charge in [0, 0.05) is 24.4 Å². The molecular weight excluding hydrogens is 238 g/mol. The highest BCUT2D eigenvalue weighted by Crippen LogP contribution is 2.52. The van der Waals surface area contributed by atoms with Crippen LogP contribution in [-0.4, -0.2) is 21.9 Å². The van der Waals surface area contributed by atoms with Crippen LogP contribution >= 0.6 is 0 Å². The van der Waals surface area contributed by atoms with Crippen LogP contribution in [0.2, 0.25) is 0 Å². The first kappa shape index (κ1) is 13.0. The highest BCUT2D eigenvalue weighted by Gasteiger charge is 2.54. The van der Waals surface area contributed by atoms with Gasteiger partial charge >= 0.3 is 0 Å². The standard InChI is InChI=1S/C15H25N3O/c1-2-8-18-11-12(10-17-18)19-14-9-13(16)15(14)6-4-3-5-7-15/h10-11,13-14H,2-9,16H2,1H3. The Kier molecular flexibility index (Phi) is 3.52. The van der Waals surface area contributed by atoms with E-state index in [1.165, 1.54) is 32.1 Å². The van der Waals surface area contributed by atoms with Gasteiger partial charge in [-0.3, -0.25) is 4.68 Å². The lowest BCUT2D eigenvalue weighted by Crippen LogP contribution is -2.64. The Balaban J connectivity index is 1.65. The molecule has 3 rings (SSSR count). The summed E-state index contributed by atoms with van der Waals surface area (Å²) < 4.78 is 8.14. The molecule has 1 heterocycles. The lowest BCUT2D eigenvalue weighted by Gasteiger charge is -2.55. The Labute approximate surface area is 115 Å². The van der Waals surface area contributed by atoms with Gasteiger partial charge in [-0.2, -0.15) is 5.10 Å². The van der Waals surface area contributed by atoms with E-state index in [1.54, 1.807) is 0 Å². The van der Waals surface area contributed by atoms with Crippen molar-refractivity contribution in [1.82, 2.24) is 9.78 Å². The van der Waals surface area contributed by atoms with Crippen LogP contribution in [0.15, 0.2) is 12.4 Å². The Hall–Kier alpha value is -1.03. The Morgan fingerprint density at radius 2 is 2.21 bits per heavy atom. The van der Waals surface area contributed by atoms with Gasteiger partial charge in [-0.25, -0.2) is 0 Å². The zero-order valence-electron chi connectivity index (χ0n) is 11.8. The van der Waals surface area contributed by atoms with Crippen molar-refractivity contribution in [2.75, 3.05) is 0 Å². The monoisotopic (exact) mass is 263 g/mol. The third-order valence-electron chi connectivity index (χ3n) is 4.97. The van der Waals surface area contributed by atoms with Crippen molar-refractivity contribution in [2.24, 2.45) is 11.1 Å². The van der Waals surface area contributed by atoms with Gasteiger partial charge in [-0.05, 0) is 19.3 Å². The van der Waals surface area contributed by atoms with E-state index in [1.807, 2.05) is 17.1 Å². The van der Waals surface area contributed by atoms with Crippen LogP contribution in [0.1, 0.15) is 51.9 Å². The van der Waals surface area contributed by atoms with Gasteiger partial charge < -0.3 is 10.5 Å². The summed E-state index contributed by atoms with van der Waals surface area (Å²) in [6, 6.07) is 0.337. The molecule has 19 heavy (non-hydrogen) atoms. The average molecular weight is 263 g/mol. The second-order valence-electron chi connectivity index (χ2n) is 6.18. The van der Waals surface area contributed by atoms with Crippen LogP contribution in [0.5, 0.6) is 5.75 Å². The number of nitrogens with zero attached hydrogens (tertiary/aromatic N) is 2. The van der Waals surface area contributed by atoms with Crippen LogP contribution in [0, 0.1) is 5.41 Å². The molecule has 1 aromatic heterocycles. The molecule has 0 amide bonds. The Morgan fingerprint density at radius 1 is 1.42 bits per heavy atom. The minimum absolute atomic E-state index is 0.255. The highest BCUT2D eigenvalue weighted by molar-refractivity contribution is 5.17. The van der Waals surface area contributed by atoms with Crippen LogP contribution in [0.25, 0.3) is 0 Å². The molecule has 0 aliphatic heterocycles. The number of hydrogen-bond acceptors (Lipinski definition) is 3. The summed E-state index contributed by atoms with van der Waals surface area (Å²) in [5.41, 5.74) is 6.54. The summed E-state index contributed by atoms with van der Waals surface area (Å²) in [4.78, 5) is 0. The van der Waals surface area contributed by atoms with Gasteiger partial charge in [0.05, 0.1) is 12.4 Å². The van der Waals surface area contributed by atoms with Crippen LogP contribution < -0.4 is 10.5 Å². The molecule has 2 saturated carbocycles. The summed E-state index contributed by atoms with van der Waals surface area (Å²) in [5, 5.41) is 4.33. The molecule has 0 bridgehead atoms. The Morgan fingerprint density at radius 3 is 2.89 bits per heavy atom. The third-order valence-corrected chi connectivity index (χ3v) is 4.97. The number of aryl methyl sites for hydroxylation is 1. The molecule has 2 aliphatic carbocycles. The van der Waals surface area contributed by atoms with E-state index in [4.69, 9.17) is 10.5 Å². The van der Waals surface area contributed by atoms with Gasteiger partial charge in [-0.15, -0.1) is 0 Å². The molecule has 2 atom stereocenters. The molecule has 2 unspecified atom stereocenters. The molecule has 4 heteroatoms. The van der Waals surface area contributed by atoms with Gasteiger partial charge in [0.15, 0.2) is 5.75 Å². The quantitative estimate of drug-likeness (QED) is 0.908. The number of nitrogens with two attached hydrogens (primary N) is 1. The maximum atomic E-state index is 6.28. The van der Waals surface area contributed by atoms with E-state index < -0.39 is 0 Å². The minimum Gasteiger partial charge on any atom is -0.486 e. The van der Waals surface area contributed by atoms with Crippen molar-refractivity contribution in [3.8, 4) is 5.75 Å². The molecule has 0 saturated heterocycles. The van der Waals surface area contributed by atoms with Crippen LogP contribution in [0.4, 0.5) is 0 Å². The normalized spacial score (nSPS) is 29.2. The van der Waals surface area contributed by atoms with Crippen molar-refractivity contribution < 1.29 is 4.74 Å². The lowest BCUT2D eigenvalue weighted by molar-refractivity contribution is -0.0898. The zero-order valence-corrected chi connectivity index (χ0v) is 11.8. The van der Waals surface area contributed by atoms with Gasteiger partial charge in [-0.1, -0.05) is 26.2 Å². The number of hydrogen-bond donors (Lipinski definition) is 1. The van der Waals surface area contributed by atoms with E-state index >= 15 is 0 Å². The highest BCUT2D eigenvalue weighted by atomic mass is 16.5. The minimum atomic E-state index is 0.255. The summed E-state index contributed by atoms with van der Waals surface area (Å²) in [6.45, 7) is 3.11. The largest absolute Gasteiger partial charge is 0.486 e. The van der Waals surface area contributed by atoms with Gasteiger partial charge in [0.25, 0.3) is 0 Å². The molecule has 2 aliphatic rings. The first-order chi connectivity index (χ1) is 9.24. The van der Waals surface area contributed by atoms with Crippen molar-refractivity contribution >= 4 is 0 Å². The summed E-state index contributed by atoms with van der Waals surface area (Å²) in [6.07, 6.45) is 12.7. The van der Waals surface area contributed by atoms with Gasteiger partial charge in [0.1, 0.15) is 6.10 Å². The van der Waals surface area contributed by atoms with Crippen LogP contribution in [-0.2, 0) is 6.54 Å². The Bertz CT molecular complexity index is 423. The number of ether oxygens (including phenoxy) is 1. The van der Waals surface area contributed by atoms with Crippen molar-refractivity contribution in [1.29, 1.82) is 0 Å². The number of aromatic nitrogens is 2. The third kappa shape index (κ3) is 2.27. The fourth-order valence-corrected chi connectivity index (χ4v) is 3.77. The number of rotatable bonds is 4. The SMILES string of the molecule is CCCn1cc(OC2CC(N)C23CCCCC3)cn1. The molecule has 1 aromatic rings. The molecule has 106 valence electrons. The zero-order chi connectivity index (χ0) is 13.3. The maximum Gasteiger partial charge on any atom is 0.157 e. The fraction of sp³-hybridized carbons (Fsp3) is 0.800. The average Bonchev–Trinajstić information content (AvgIpc) is 2.87. The molecule has 0 aromatic carbocycles. The predicted molar refractivity (Wildman–Crippen MR) is 75.0 cm³/mol. The molecule has 4 nitrogen and oxygen atoms in total. The van der Waals surface area contributed by atoms with Crippen molar-refractivity contribution in [3.63, 3.8) is 0 Å². The molecule has 1 spiro atoms. The molecule has 0 radical (unpaired) electrons. The second kappa shape index (κ2) is 5.16. The topological polar surface area (TPSA) is 53.1 Å². The molecule has 2 fully saturated rings. The summed E-state index contributed by atoms with van der Waals surface area (Å²) in [7, 11) is 0. The first-order valence-corrected chi connectivity index (χ1v) is 7.69. The fourth-order valence-electron chi connectivity index (χ4n) is 3.77. The first-order valence-electron chi connectivity index (χ1n) is 7.69. The predicted octanol–water partition coefficient (Wildman–Crippen LogP) is 2.72. The summed E-state index contributed by atoms with van der Waals surface area (Å²) in [5.74, 6) is 0.912.